The number of carbonyl (C=O) groups is 1. The molecule has 110 valence electrons. The molecular formula is C16H20N4O. The molecule has 2 N–H and O–H groups in total. The first-order chi connectivity index (χ1) is 10.1. The van der Waals surface area contributed by atoms with Crippen LogP contribution in [0, 0.1) is 6.92 Å². The number of fused-ring (bicyclic) bond motifs is 1. The van der Waals surface area contributed by atoms with Gasteiger partial charge in [-0.05, 0) is 51.2 Å². The van der Waals surface area contributed by atoms with Crippen LogP contribution < -0.4 is 5.32 Å². The van der Waals surface area contributed by atoms with Crippen LogP contribution in [0.25, 0.3) is 0 Å². The Bertz CT molecular complexity index is 662. The first-order valence-corrected chi connectivity index (χ1v) is 7.43. The van der Waals surface area contributed by atoms with Crippen molar-refractivity contribution in [2.24, 2.45) is 0 Å². The number of pyridine rings is 1. The highest BCUT2D eigenvalue weighted by atomic mass is 16.1. The average molecular weight is 284 g/mol. The number of nitrogens with zero attached hydrogens (tertiary/aromatic N) is 2. The lowest BCUT2D eigenvalue weighted by Gasteiger charge is -2.16. The zero-order chi connectivity index (χ0) is 14.8. The van der Waals surface area contributed by atoms with Crippen molar-refractivity contribution >= 4 is 5.91 Å². The number of imidazole rings is 1. The van der Waals surface area contributed by atoms with Gasteiger partial charge in [-0.25, -0.2) is 4.98 Å². The van der Waals surface area contributed by atoms with Crippen molar-refractivity contribution in [3.05, 3.63) is 46.8 Å². The van der Waals surface area contributed by atoms with Gasteiger partial charge in [0.2, 0.25) is 0 Å². The summed E-state index contributed by atoms with van der Waals surface area (Å²) in [6.07, 6.45) is 7.87. The quantitative estimate of drug-likeness (QED) is 0.909. The van der Waals surface area contributed by atoms with Gasteiger partial charge in [-0.15, -0.1) is 0 Å². The second-order valence-electron chi connectivity index (χ2n) is 5.68. The second kappa shape index (κ2) is 5.68. The number of amides is 1. The molecule has 3 rings (SSSR count). The summed E-state index contributed by atoms with van der Waals surface area (Å²) >= 11 is 0. The first-order valence-electron chi connectivity index (χ1n) is 7.43. The highest BCUT2D eigenvalue weighted by molar-refractivity contribution is 5.94. The van der Waals surface area contributed by atoms with Gasteiger partial charge in [-0.3, -0.25) is 9.78 Å². The van der Waals surface area contributed by atoms with E-state index < -0.39 is 0 Å². The molecule has 1 atom stereocenters. The Morgan fingerprint density at radius 3 is 2.86 bits per heavy atom. The van der Waals surface area contributed by atoms with Crippen LogP contribution >= 0.6 is 0 Å². The number of aromatic amines is 1. The van der Waals surface area contributed by atoms with E-state index in [1.54, 1.807) is 12.4 Å². The van der Waals surface area contributed by atoms with Gasteiger partial charge in [0, 0.05) is 23.8 Å². The SMILES string of the molecule is Cc1cnc([C@H](C)NC(=O)c2cnc3c(c2)CCCC3)[nH]1. The number of hydrogen-bond donors (Lipinski definition) is 2. The summed E-state index contributed by atoms with van der Waals surface area (Å²) < 4.78 is 0. The normalized spacial score (nSPS) is 15.3. The number of carbonyl (C=O) groups excluding carboxylic acids is 1. The molecule has 0 aromatic carbocycles. The molecule has 0 spiro atoms. The third-order valence-corrected chi connectivity index (χ3v) is 3.91. The highest BCUT2D eigenvalue weighted by Gasteiger charge is 2.17. The van der Waals surface area contributed by atoms with Crippen LogP contribution in [0.1, 0.15) is 58.9 Å². The monoisotopic (exact) mass is 284 g/mol. The van der Waals surface area contributed by atoms with Gasteiger partial charge in [0.05, 0.1) is 11.6 Å². The molecule has 0 fully saturated rings. The summed E-state index contributed by atoms with van der Waals surface area (Å²) in [4.78, 5) is 24.2. The number of H-pyrrole nitrogens is 1. The lowest BCUT2D eigenvalue weighted by molar-refractivity contribution is 0.0938. The number of aromatic nitrogens is 3. The average Bonchev–Trinajstić information content (AvgIpc) is 2.93. The van der Waals surface area contributed by atoms with E-state index in [0.29, 0.717) is 5.56 Å². The molecule has 0 bridgehead atoms. The van der Waals surface area contributed by atoms with Crippen molar-refractivity contribution in [3.63, 3.8) is 0 Å². The molecule has 1 aliphatic carbocycles. The molecule has 0 saturated carbocycles. The third kappa shape index (κ3) is 2.96. The van der Waals surface area contributed by atoms with Crippen molar-refractivity contribution in [2.45, 2.75) is 45.6 Å². The number of rotatable bonds is 3. The van der Waals surface area contributed by atoms with Crippen molar-refractivity contribution in [1.29, 1.82) is 0 Å². The maximum absolute atomic E-state index is 12.3. The molecule has 0 unspecified atom stereocenters. The Labute approximate surface area is 124 Å². The van der Waals surface area contributed by atoms with Crippen LogP contribution in [0.2, 0.25) is 0 Å². The number of hydrogen-bond acceptors (Lipinski definition) is 3. The van der Waals surface area contributed by atoms with Gasteiger partial charge in [-0.2, -0.15) is 0 Å². The van der Waals surface area contributed by atoms with Gasteiger partial charge >= 0.3 is 0 Å². The molecule has 0 radical (unpaired) electrons. The highest BCUT2D eigenvalue weighted by Crippen LogP contribution is 2.20. The van der Waals surface area contributed by atoms with E-state index in [2.05, 4.69) is 20.3 Å². The molecule has 5 heteroatoms. The summed E-state index contributed by atoms with van der Waals surface area (Å²) in [5.74, 6) is 0.671. The first kappa shape index (κ1) is 13.8. The van der Waals surface area contributed by atoms with Crippen LogP contribution in [-0.2, 0) is 12.8 Å². The van der Waals surface area contributed by atoms with Gasteiger partial charge in [-0.1, -0.05) is 0 Å². The van der Waals surface area contributed by atoms with E-state index >= 15 is 0 Å². The molecule has 0 aliphatic heterocycles. The zero-order valence-electron chi connectivity index (χ0n) is 12.4. The van der Waals surface area contributed by atoms with Crippen molar-refractivity contribution < 1.29 is 4.79 Å². The fourth-order valence-electron chi connectivity index (χ4n) is 2.71. The van der Waals surface area contributed by atoms with Crippen molar-refractivity contribution in [2.75, 3.05) is 0 Å². The lowest BCUT2D eigenvalue weighted by Crippen LogP contribution is -2.27. The molecular weight excluding hydrogens is 264 g/mol. The molecule has 2 aromatic heterocycles. The summed E-state index contributed by atoms with van der Waals surface area (Å²) in [5.41, 5.74) is 3.98. The molecule has 5 nitrogen and oxygen atoms in total. The molecule has 2 heterocycles. The van der Waals surface area contributed by atoms with Gasteiger partial charge in [0.25, 0.3) is 5.91 Å². The lowest BCUT2D eigenvalue weighted by atomic mass is 9.95. The minimum absolute atomic E-state index is 0.0996. The fraction of sp³-hybridized carbons (Fsp3) is 0.438. The molecule has 21 heavy (non-hydrogen) atoms. The van der Waals surface area contributed by atoms with E-state index in [4.69, 9.17) is 0 Å². The van der Waals surface area contributed by atoms with E-state index in [1.165, 1.54) is 18.4 Å². The molecule has 1 amide bonds. The van der Waals surface area contributed by atoms with Crippen LogP contribution in [0.5, 0.6) is 0 Å². The molecule has 1 aliphatic rings. The van der Waals surface area contributed by atoms with E-state index in [-0.39, 0.29) is 11.9 Å². The zero-order valence-corrected chi connectivity index (χ0v) is 12.4. The minimum Gasteiger partial charge on any atom is -0.344 e. The van der Waals surface area contributed by atoms with Gasteiger partial charge < -0.3 is 10.3 Å². The van der Waals surface area contributed by atoms with Gasteiger partial charge in [0.15, 0.2) is 0 Å². The maximum Gasteiger partial charge on any atom is 0.253 e. The van der Waals surface area contributed by atoms with Crippen molar-refractivity contribution in [3.8, 4) is 0 Å². The Morgan fingerprint density at radius 1 is 1.29 bits per heavy atom. The summed E-state index contributed by atoms with van der Waals surface area (Å²) in [6.45, 7) is 3.86. The van der Waals surface area contributed by atoms with Crippen LogP contribution in [0.15, 0.2) is 18.5 Å². The summed E-state index contributed by atoms with van der Waals surface area (Å²) in [7, 11) is 0. The summed E-state index contributed by atoms with van der Waals surface area (Å²) in [5, 5.41) is 2.96. The molecule has 2 aromatic rings. The van der Waals surface area contributed by atoms with E-state index in [1.807, 2.05) is 19.9 Å². The van der Waals surface area contributed by atoms with Crippen molar-refractivity contribution in [1.82, 2.24) is 20.3 Å². The standard InChI is InChI=1S/C16H20N4O/c1-10-8-18-15(19-10)11(2)20-16(21)13-7-12-5-3-4-6-14(12)17-9-13/h7-9,11H,3-6H2,1-2H3,(H,18,19)(H,20,21)/t11-/m0/s1. The Hall–Kier alpha value is -2.17. The number of nitrogens with one attached hydrogen (secondary N) is 2. The van der Waals surface area contributed by atoms with E-state index in [9.17, 15) is 4.79 Å². The Balaban J connectivity index is 1.73. The van der Waals surface area contributed by atoms with Crippen LogP contribution in [0.3, 0.4) is 0 Å². The predicted molar refractivity (Wildman–Crippen MR) is 80.1 cm³/mol. The largest absolute Gasteiger partial charge is 0.344 e. The fourth-order valence-corrected chi connectivity index (χ4v) is 2.71. The third-order valence-electron chi connectivity index (χ3n) is 3.91. The maximum atomic E-state index is 12.3. The molecule has 0 saturated heterocycles. The van der Waals surface area contributed by atoms with Crippen LogP contribution in [-0.4, -0.2) is 20.9 Å². The number of aryl methyl sites for hydroxylation is 3. The second-order valence-corrected chi connectivity index (χ2v) is 5.68. The summed E-state index contributed by atoms with van der Waals surface area (Å²) in [6, 6.07) is 1.83. The Kier molecular flexibility index (Phi) is 3.73. The Morgan fingerprint density at radius 2 is 2.10 bits per heavy atom. The predicted octanol–water partition coefficient (Wildman–Crippen LogP) is 2.48. The minimum atomic E-state index is -0.151. The van der Waals surface area contributed by atoms with Crippen LogP contribution in [0.4, 0.5) is 0 Å². The van der Waals surface area contributed by atoms with Gasteiger partial charge in [0.1, 0.15) is 5.82 Å². The topological polar surface area (TPSA) is 70.7 Å². The smallest absolute Gasteiger partial charge is 0.253 e. The van der Waals surface area contributed by atoms with E-state index in [0.717, 1.165) is 30.1 Å².